The van der Waals surface area contributed by atoms with Gasteiger partial charge in [-0.1, -0.05) is 47.8 Å². The summed E-state index contributed by atoms with van der Waals surface area (Å²) in [5.74, 6) is 0.993. The summed E-state index contributed by atoms with van der Waals surface area (Å²) in [5, 5.41) is 4.08. The Hall–Kier alpha value is -2.14. The minimum atomic E-state index is -0.0742. The van der Waals surface area contributed by atoms with Gasteiger partial charge in [0.15, 0.2) is 0 Å². The Morgan fingerprint density at radius 3 is 2.83 bits per heavy atom. The molecule has 0 spiro atoms. The number of carbonyl (C=O) groups excluding carboxylic acids is 1. The average Bonchev–Trinajstić information content (AvgIpc) is 3.28. The minimum absolute atomic E-state index is 0.0742. The molecule has 24 heavy (non-hydrogen) atoms. The van der Waals surface area contributed by atoms with E-state index in [-0.39, 0.29) is 11.9 Å². The normalized spacial score (nSPS) is 21.0. The molecule has 2 aromatic rings. The van der Waals surface area contributed by atoms with E-state index in [2.05, 4.69) is 5.16 Å². The molecule has 1 atom stereocenters. The van der Waals surface area contributed by atoms with Crippen molar-refractivity contribution in [1.29, 1.82) is 0 Å². The molecule has 2 heterocycles. The second-order valence-electron chi connectivity index (χ2n) is 6.85. The van der Waals surface area contributed by atoms with Crippen molar-refractivity contribution in [3.05, 3.63) is 41.7 Å². The molecule has 1 saturated carbocycles. The fourth-order valence-corrected chi connectivity index (χ4v) is 3.23. The maximum atomic E-state index is 12.8. The molecule has 2 aliphatic rings. The van der Waals surface area contributed by atoms with E-state index >= 15 is 0 Å². The van der Waals surface area contributed by atoms with Crippen molar-refractivity contribution >= 4 is 5.91 Å². The summed E-state index contributed by atoms with van der Waals surface area (Å²) >= 11 is 0. The highest BCUT2D eigenvalue weighted by molar-refractivity contribution is 5.92. The molecule has 5 nitrogen and oxygen atoms in total. The van der Waals surface area contributed by atoms with Crippen LogP contribution >= 0.6 is 0 Å². The fourth-order valence-electron chi connectivity index (χ4n) is 3.23. The SMILES string of the molecule is Cc1ccc(-c2cc(C(=O)N3CCOCC3CC3CC3)on2)cc1. The van der Waals surface area contributed by atoms with Crippen LogP contribution in [0, 0.1) is 12.8 Å². The Balaban J connectivity index is 1.51. The summed E-state index contributed by atoms with van der Waals surface area (Å²) in [6.45, 7) is 3.88. The first-order valence-electron chi connectivity index (χ1n) is 8.63. The van der Waals surface area contributed by atoms with Crippen molar-refractivity contribution in [1.82, 2.24) is 10.1 Å². The molecular weight excluding hydrogens is 304 g/mol. The van der Waals surface area contributed by atoms with Crippen molar-refractivity contribution in [3.8, 4) is 11.3 Å². The van der Waals surface area contributed by atoms with Gasteiger partial charge in [0.05, 0.1) is 19.3 Å². The summed E-state index contributed by atoms with van der Waals surface area (Å²) < 4.78 is 10.9. The number of hydrogen-bond donors (Lipinski definition) is 0. The number of aromatic nitrogens is 1. The van der Waals surface area contributed by atoms with Gasteiger partial charge in [-0.2, -0.15) is 0 Å². The highest BCUT2D eigenvalue weighted by atomic mass is 16.5. The van der Waals surface area contributed by atoms with Gasteiger partial charge in [-0.3, -0.25) is 4.79 Å². The van der Waals surface area contributed by atoms with Gasteiger partial charge in [0.1, 0.15) is 5.69 Å². The van der Waals surface area contributed by atoms with E-state index in [0.717, 1.165) is 17.9 Å². The van der Waals surface area contributed by atoms with Crippen molar-refractivity contribution in [2.75, 3.05) is 19.8 Å². The lowest BCUT2D eigenvalue weighted by molar-refractivity contribution is -0.00756. The molecule has 1 unspecified atom stereocenters. The Morgan fingerprint density at radius 1 is 1.29 bits per heavy atom. The molecule has 1 aromatic heterocycles. The Labute approximate surface area is 141 Å². The number of rotatable bonds is 4. The van der Waals surface area contributed by atoms with Crippen molar-refractivity contribution in [2.24, 2.45) is 5.92 Å². The standard InChI is InChI=1S/C19H22N2O3/c1-13-2-6-15(7-3-13)17-11-18(24-20-17)19(22)21-8-9-23-12-16(21)10-14-4-5-14/h2-3,6-7,11,14,16H,4-5,8-10,12H2,1H3. The van der Waals surface area contributed by atoms with E-state index in [1.165, 1.54) is 18.4 Å². The van der Waals surface area contributed by atoms with Crippen LogP contribution in [0.2, 0.25) is 0 Å². The third-order valence-corrected chi connectivity index (χ3v) is 4.86. The molecule has 0 N–H and O–H groups in total. The first-order chi connectivity index (χ1) is 11.7. The predicted octanol–water partition coefficient (Wildman–Crippen LogP) is 3.29. The van der Waals surface area contributed by atoms with Gasteiger partial charge in [0.25, 0.3) is 5.91 Å². The molecule has 1 aromatic carbocycles. The van der Waals surface area contributed by atoms with Crippen LogP contribution in [0.1, 0.15) is 35.4 Å². The number of carbonyl (C=O) groups is 1. The molecule has 126 valence electrons. The number of morpholine rings is 1. The van der Waals surface area contributed by atoms with Crippen LogP contribution in [0.15, 0.2) is 34.9 Å². The zero-order chi connectivity index (χ0) is 16.5. The van der Waals surface area contributed by atoms with Crippen LogP contribution in [-0.2, 0) is 4.74 Å². The molecule has 5 heteroatoms. The van der Waals surface area contributed by atoms with Crippen molar-refractivity contribution in [2.45, 2.75) is 32.2 Å². The zero-order valence-electron chi connectivity index (χ0n) is 13.9. The highest BCUT2D eigenvalue weighted by Gasteiger charge is 2.34. The van der Waals surface area contributed by atoms with E-state index in [0.29, 0.717) is 31.2 Å². The predicted molar refractivity (Wildman–Crippen MR) is 89.7 cm³/mol. The first-order valence-corrected chi connectivity index (χ1v) is 8.63. The highest BCUT2D eigenvalue weighted by Crippen LogP contribution is 2.35. The Bertz CT molecular complexity index is 718. The molecule has 1 aliphatic carbocycles. The van der Waals surface area contributed by atoms with E-state index in [1.807, 2.05) is 36.1 Å². The Morgan fingerprint density at radius 2 is 2.08 bits per heavy atom. The number of aryl methyl sites for hydroxylation is 1. The molecular formula is C19H22N2O3. The van der Waals surface area contributed by atoms with E-state index in [1.54, 1.807) is 6.07 Å². The van der Waals surface area contributed by atoms with Crippen LogP contribution in [0.4, 0.5) is 0 Å². The van der Waals surface area contributed by atoms with Gasteiger partial charge in [-0.25, -0.2) is 0 Å². The molecule has 4 rings (SSSR count). The summed E-state index contributed by atoms with van der Waals surface area (Å²) in [4.78, 5) is 14.8. The topological polar surface area (TPSA) is 55.6 Å². The zero-order valence-corrected chi connectivity index (χ0v) is 13.9. The third-order valence-electron chi connectivity index (χ3n) is 4.86. The van der Waals surface area contributed by atoms with Crippen LogP contribution < -0.4 is 0 Å². The summed E-state index contributed by atoms with van der Waals surface area (Å²) in [6.07, 6.45) is 3.58. The molecule has 1 aliphatic heterocycles. The second kappa shape index (κ2) is 6.40. The molecule has 1 amide bonds. The van der Waals surface area contributed by atoms with Gasteiger partial charge in [-0.15, -0.1) is 0 Å². The molecule has 1 saturated heterocycles. The minimum Gasteiger partial charge on any atom is -0.377 e. The third kappa shape index (κ3) is 3.22. The number of amides is 1. The van der Waals surface area contributed by atoms with E-state index < -0.39 is 0 Å². The van der Waals surface area contributed by atoms with Gasteiger partial charge in [0.2, 0.25) is 5.76 Å². The molecule has 0 radical (unpaired) electrons. The number of hydrogen-bond acceptors (Lipinski definition) is 4. The summed E-state index contributed by atoms with van der Waals surface area (Å²) in [5.41, 5.74) is 2.85. The number of ether oxygens (including phenoxy) is 1. The lowest BCUT2D eigenvalue weighted by Crippen LogP contribution is -2.48. The van der Waals surface area contributed by atoms with Gasteiger partial charge >= 0.3 is 0 Å². The van der Waals surface area contributed by atoms with Gasteiger partial charge in [0, 0.05) is 18.2 Å². The van der Waals surface area contributed by atoms with Crippen LogP contribution in [-0.4, -0.2) is 41.8 Å². The lowest BCUT2D eigenvalue weighted by Gasteiger charge is -2.35. The summed E-state index contributed by atoms with van der Waals surface area (Å²) in [6, 6.07) is 9.94. The summed E-state index contributed by atoms with van der Waals surface area (Å²) in [7, 11) is 0. The van der Waals surface area contributed by atoms with Crippen LogP contribution in [0.25, 0.3) is 11.3 Å². The first kappa shape index (κ1) is 15.4. The van der Waals surface area contributed by atoms with Gasteiger partial charge in [-0.05, 0) is 19.3 Å². The van der Waals surface area contributed by atoms with Crippen LogP contribution in [0.3, 0.4) is 0 Å². The lowest BCUT2D eigenvalue weighted by atomic mass is 10.1. The largest absolute Gasteiger partial charge is 0.377 e. The smallest absolute Gasteiger partial charge is 0.292 e. The Kier molecular flexibility index (Phi) is 4.10. The second-order valence-corrected chi connectivity index (χ2v) is 6.85. The quantitative estimate of drug-likeness (QED) is 0.865. The maximum absolute atomic E-state index is 12.8. The van der Waals surface area contributed by atoms with E-state index in [4.69, 9.17) is 9.26 Å². The van der Waals surface area contributed by atoms with E-state index in [9.17, 15) is 4.79 Å². The average molecular weight is 326 g/mol. The number of benzene rings is 1. The molecule has 2 fully saturated rings. The maximum Gasteiger partial charge on any atom is 0.292 e. The van der Waals surface area contributed by atoms with Crippen LogP contribution in [0.5, 0.6) is 0 Å². The fraction of sp³-hybridized carbons (Fsp3) is 0.474. The molecule has 0 bridgehead atoms. The van der Waals surface area contributed by atoms with Crippen molar-refractivity contribution < 1.29 is 14.1 Å². The van der Waals surface area contributed by atoms with Gasteiger partial charge < -0.3 is 14.2 Å². The monoisotopic (exact) mass is 326 g/mol. The number of nitrogens with zero attached hydrogens (tertiary/aromatic N) is 2. The van der Waals surface area contributed by atoms with Crippen molar-refractivity contribution in [3.63, 3.8) is 0 Å².